The predicted octanol–water partition coefficient (Wildman–Crippen LogP) is 0.377. The van der Waals surface area contributed by atoms with Gasteiger partial charge in [0.05, 0.1) is 6.54 Å². The summed E-state index contributed by atoms with van der Waals surface area (Å²) in [6.45, 7) is 1.38. The number of nitrogens with zero attached hydrogens (tertiary/aromatic N) is 2. The molecule has 1 saturated heterocycles. The molecule has 0 radical (unpaired) electrons. The first-order chi connectivity index (χ1) is 9.09. The van der Waals surface area contributed by atoms with Gasteiger partial charge in [0.2, 0.25) is 11.8 Å². The summed E-state index contributed by atoms with van der Waals surface area (Å²) in [5, 5.41) is 0. The first-order valence-electron chi connectivity index (χ1n) is 6.43. The van der Waals surface area contributed by atoms with Crippen molar-refractivity contribution in [2.24, 2.45) is 5.73 Å². The van der Waals surface area contributed by atoms with Gasteiger partial charge in [0.25, 0.3) is 0 Å². The van der Waals surface area contributed by atoms with E-state index < -0.39 is 6.04 Å². The molecule has 0 aromatic heterocycles. The molecular formula is C14H19N3O2. The summed E-state index contributed by atoms with van der Waals surface area (Å²) in [7, 11) is 1.76. The smallest absolute Gasteiger partial charge is 0.244 e. The molecule has 102 valence electrons. The van der Waals surface area contributed by atoms with Gasteiger partial charge in [0.15, 0.2) is 0 Å². The molecule has 1 unspecified atom stereocenters. The lowest BCUT2D eigenvalue weighted by Gasteiger charge is -2.23. The number of nitrogens with two attached hydrogens (primary N) is 1. The number of carbonyl (C=O) groups excluding carboxylic acids is 2. The Morgan fingerprint density at radius 1 is 1.26 bits per heavy atom. The van der Waals surface area contributed by atoms with Crippen LogP contribution in [-0.4, -0.2) is 48.3 Å². The maximum Gasteiger partial charge on any atom is 0.244 e. The average molecular weight is 261 g/mol. The maximum atomic E-state index is 12.3. The third kappa shape index (κ3) is 3.12. The zero-order valence-electron chi connectivity index (χ0n) is 11.1. The van der Waals surface area contributed by atoms with Gasteiger partial charge in [-0.3, -0.25) is 9.59 Å². The fourth-order valence-corrected chi connectivity index (χ4v) is 2.17. The average Bonchev–Trinajstić information content (AvgIpc) is 2.60. The number of hydrogen-bond donors (Lipinski definition) is 1. The van der Waals surface area contributed by atoms with Crippen LogP contribution in [0.5, 0.6) is 0 Å². The first-order valence-corrected chi connectivity index (χ1v) is 6.43. The minimum Gasteiger partial charge on any atom is -0.344 e. The normalized spacial score (nSPS) is 18.1. The van der Waals surface area contributed by atoms with Crippen LogP contribution < -0.4 is 5.73 Å². The molecule has 1 aliphatic rings. The molecule has 0 spiro atoms. The Labute approximate surface area is 113 Å². The SMILES string of the molecule is CN1CCCN(C(=O)C(N)c2ccccc2)CC1=O. The Kier molecular flexibility index (Phi) is 4.16. The van der Waals surface area contributed by atoms with Crippen molar-refractivity contribution in [1.82, 2.24) is 9.80 Å². The molecule has 1 aliphatic heterocycles. The molecule has 5 heteroatoms. The predicted molar refractivity (Wildman–Crippen MR) is 72.2 cm³/mol. The van der Waals surface area contributed by atoms with E-state index in [2.05, 4.69) is 0 Å². The van der Waals surface area contributed by atoms with E-state index >= 15 is 0 Å². The molecular weight excluding hydrogens is 242 g/mol. The van der Waals surface area contributed by atoms with Crippen LogP contribution in [0.2, 0.25) is 0 Å². The van der Waals surface area contributed by atoms with Crippen LogP contribution >= 0.6 is 0 Å². The third-order valence-corrected chi connectivity index (χ3v) is 3.41. The Morgan fingerprint density at radius 3 is 2.63 bits per heavy atom. The van der Waals surface area contributed by atoms with Crippen LogP contribution in [0.25, 0.3) is 0 Å². The number of amides is 2. The van der Waals surface area contributed by atoms with Gasteiger partial charge >= 0.3 is 0 Å². The number of rotatable bonds is 2. The Balaban J connectivity index is 2.09. The second kappa shape index (κ2) is 5.84. The molecule has 2 rings (SSSR count). The summed E-state index contributed by atoms with van der Waals surface area (Å²) in [6, 6.07) is 8.54. The summed E-state index contributed by atoms with van der Waals surface area (Å²) >= 11 is 0. The molecule has 1 aromatic carbocycles. The highest BCUT2D eigenvalue weighted by atomic mass is 16.2. The van der Waals surface area contributed by atoms with E-state index in [9.17, 15) is 9.59 Å². The van der Waals surface area contributed by atoms with Gasteiger partial charge in [-0.25, -0.2) is 0 Å². The van der Waals surface area contributed by atoms with Crippen LogP contribution in [-0.2, 0) is 9.59 Å². The van der Waals surface area contributed by atoms with Gasteiger partial charge < -0.3 is 15.5 Å². The van der Waals surface area contributed by atoms with Gasteiger partial charge in [-0.05, 0) is 12.0 Å². The van der Waals surface area contributed by atoms with Crippen LogP contribution in [0.1, 0.15) is 18.0 Å². The van der Waals surface area contributed by atoms with Crippen molar-refractivity contribution < 1.29 is 9.59 Å². The zero-order valence-corrected chi connectivity index (χ0v) is 11.1. The fourth-order valence-electron chi connectivity index (χ4n) is 2.17. The first kappa shape index (κ1) is 13.5. The molecule has 0 aliphatic carbocycles. The third-order valence-electron chi connectivity index (χ3n) is 3.41. The minimum absolute atomic E-state index is 0.0360. The van der Waals surface area contributed by atoms with Gasteiger partial charge in [0, 0.05) is 20.1 Å². The molecule has 2 N–H and O–H groups in total. The summed E-state index contributed by atoms with van der Waals surface area (Å²) in [6.07, 6.45) is 0.787. The Hall–Kier alpha value is -1.88. The topological polar surface area (TPSA) is 66.6 Å². The van der Waals surface area contributed by atoms with E-state index in [1.807, 2.05) is 30.3 Å². The maximum absolute atomic E-state index is 12.3. The molecule has 0 saturated carbocycles. The molecule has 19 heavy (non-hydrogen) atoms. The van der Waals surface area contributed by atoms with E-state index in [1.54, 1.807) is 16.8 Å². The number of benzene rings is 1. The van der Waals surface area contributed by atoms with Crippen LogP contribution in [0.15, 0.2) is 30.3 Å². The van der Waals surface area contributed by atoms with E-state index in [1.165, 1.54) is 0 Å². The second-order valence-corrected chi connectivity index (χ2v) is 4.82. The van der Waals surface area contributed by atoms with Crippen molar-refractivity contribution in [2.45, 2.75) is 12.5 Å². The van der Waals surface area contributed by atoms with E-state index in [4.69, 9.17) is 5.73 Å². The van der Waals surface area contributed by atoms with E-state index in [0.717, 1.165) is 12.0 Å². The molecule has 1 aromatic rings. The van der Waals surface area contributed by atoms with Crippen LogP contribution in [0, 0.1) is 0 Å². The lowest BCUT2D eigenvalue weighted by molar-refractivity contribution is -0.139. The van der Waals surface area contributed by atoms with Crippen molar-refractivity contribution in [2.75, 3.05) is 26.7 Å². The highest BCUT2D eigenvalue weighted by Gasteiger charge is 2.27. The zero-order chi connectivity index (χ0) is 13.8. The summed E-state index contributed by atoms with van der Waals surface area (Å²) in [5.74, 6) is -0.221. The van der Waals surface area contributed by atoms with Crippen molar-refractivity contribution >= 4 is 11.8 Å². The largest absolute Gasteiger partial charge is 0.344 e. The molecule has 0 bridgehead atoms. The molecule has 1 fully saturated rings. The molecule has 2 amide bonds. The van der Waals surface area contributed by atoms with Crippen molar-refractivity contribution in [1.29, 1.82) is 0 Å². The summed E-state index contributed by atoms with van der Waals surface area (Å²) in [5.41, 5.74) is 6.76. The van der Waals surface area contributed by atoms with Crippen LogP contribution in [0.3, 0.4) is 0 Å². The lowest BCUT2D eigenvalue weighted by Crippen LogP contribution is -2.42. The Bertz CT molecular complexity index is 461. The summed E-state index contributed by atoms with van der Waals surface area (Å²) in [4.78, 5) is 27.3. The monoisotopic (exact) mass is 261 g/mol. The highest BCUT2D eigenvalue weighted by Crippen LogP contribution is 2.14. The highest BCUT2D eigenvalue weighted by molar-refractivity contribution is 5.88. The molecule has 5 nitrogen and oxygen atoms in total. The lowest BCUT2D eigenvalue weighted by atomic mass is 10.1. The van der Waals surface area contributed by atoms with Gasteiger partial charge in [0.1, 0.15) is 6.04 Å². The van der Waals surface area contributed by atoms with Gasteiger partial charge in [-0.1, -0.05) is 30.3 Å². The van der Waals surface area contributed by atoms with Crippen LogP contribution in [0.4, 0.5) is 0 Å². The molecule has 1 atom stereocenters. The number of carbonyl (C=O) groups is 2. The van der Waals surface area contributed by atoms with Crippen molar-refractivity contribution in [3.63, 3.8) is 0 Å². The second-order valence-electron chi connectivity index (χ2n) is 4.82. The number of likely N-dealkylation sites (N-methyl/N-ethyl adjacent to an activating group) is 1. The van der Waals surface area contributed by atoms with E-state index in [0.29, 0.717) is 13.1 Å². The Morgan fingerprint density at radius 2 is 1.95 bits per heavy atom. The summed E-state index contributed by atoms with van der Waals surface area (Å²) < 4.78 is 0. The number of hydrogen-bond acceptors (Lipinski definition) is 3. The van der Waals surface area contributed by atoms with E-state index in [-0.39, 0.29) is 18.4 Å². The van der Waals surface area contributed by atoms with Gasteiger partial charge in [-0.2, -0.15) is 0 Å². The van der Waals surface area contributed by atoms with Crippen molar-refractivity contribution in [3.8, 4) is 0 Å². The minimum atomic E-state index is -0.697. The van der Waals surface area contributed by atoms with Gasteiger partial charge in [-0.15, -0.1) is 0 Å². The fraction of sp³-hybridized carbons (Fsp3) is 0.429. The van der Waals surface area contributed by atoms with Crippen molar-refractivity contribution in [3.05, 3.63) is 35.9 Å². The standard InChI is InChI=1S/C14H19N3O2/c1-16-8-5-9-17(10-12(16)18)14(19)13(15)11-6-3-2-4-7-11/h2-4,6-7,13H,5,8-10,15H2,1H3. The quantitative estimate of drug-likeness (QED) is 0.837. The molecule has 1 heterocycles.